The molecule has 1 rings (SSSR count). The largest absolute Gasteiger partial charge is 0.479 e. The van der Waals surface area contributed by atoms with Crippen LogP contribution in [-0.2, 0) is 9.59 Å². The molecule has 0 aliphatic rings. The summed E-state index contributed by atoms with van der Waals surface area (Å²) in [4.78, 5) is 22.2. The number of carbonyl (C=O) groups excluding carboxylic acids is 1. The Bertz CT molecular complexity index is 586. The van der Waals surface area contributed by atoms with Crippen molar-refractivity contribution in [1.29, 1.82) is 0 Å². The molecule has 0 spiro atoms. The number of carbonyl (C=O) groups is 2. The minimum Gasteiger partial charge on any atom is -0.479 e. The molecule has 0 heterocycles. The fourth-order valence-corrected chi connectivity index (χ4v) is 1.51. The van der Waals surface area contributed by atoms with Crippen molar-refractivity contribution in [2.75, 3.05) is 0 Å². The highest BCUT2D eigenvalue weighted by molar-refractivity contribution is 6.32. The fourth-order valence-electron chi connectivity index (χ4n) is 1.31. The van der Waals surface area contributed by atoms with E-state index >= 15 is 0 Å². The van der Waals surface area contributed by atoms with Crippen molar-refractivity contribution in [2.45, 2.75) is 18.6 Å². The first kappa shape index (κ1) is 17.0. The number of hydrogen-bond acceptors (Lipinski definition) is 2. The van der Waals surface area contributed by atoms with Crippen molar-refractivity contribution < 1.29 is 27.9 Å². The zero-order chi connectivity index (χ0) is 16.3. The van der Waals surface area contributed by atoms with Gasteiger partial charge in [0.2, 0.25) is 11.4 Å². The summed E-state index contributed by atoms with van der Waals surface area (Å²) in [6.07, 6.45) is -3.16. The van der Waals surface area contributed by atoms with Crippen LogP contribution in [0.2, 0.25) is 5.02 Å². The molecular weight excluding hydrogens is 311 g/mol. The molecule has 0 fully saturated rings. The molecule has 1 aromatic rings. The van der Waals surface area contributed by atoms with E-state index in [0.29, 0.717) is 17.5 Å². The lowest BCUT2D eigenvalue weighted by molar-refractivity contribution is -0.206. The van der Waals surface area contributed by atoms with E-state index in [9.17, 15) is 22.8 Å². The number of halogens is 4. The molecule has 2 N–H and O–H groups in total. The maximum absolute atomic E-state index is 12.7. The van der Waals surface area contributed by atoms with Gasteiger partial charge in [-0.25, -0.2) is 4.79 Å². The Labute approximate surface area is 123 Å². The Morgan fingerprint density at radius 1 is 1.29 bits per heavy atom. The molecule has 0 bridgehead atoms. The van der Waals surface area contributed by atoms with Gasteiger partial charge in [0, 0.05) is 11.1 Å². The molecule has 0 radical (unpaired) electrons. The van der Waals surface area contributed by atoms with Crippen LogP contribution in [-0.4, -0.2) is 28.7 Å². The van der Waals surface area contributed by atoms with E-state index in [1.54, 1.807) is 18.2 Å². The molecule has 0 saturated carbocycles. The molecule has 4 nitrogen and oxygen atoms in total. The topological polar surface area (TPSA) is 66.4 Å². The second-order valence-electron chi connectivity index (χ2n) is 4.27. The first-order chi connectivity index (χ1) is 9.58. The van der Waals surface area contributed by atoms with Gasteiger partial charge in [0.1, 0.15) is 0 Å². The standard InChI is InChI=1S/C13H11ClF3NO3/c1-12(11(20)21,13(15,16)17)18-10(19)7-6-8-4-2-3-5-9(8)14/h2-7H,1H3,(H,18,19)(H,20,21). The predicted octanol–water partition coefficient (Wildman–Crippen LogP) is 2.88. The minimum absolute atomic E-state index is 0.304. The van der Waals surface area contributed by atoms with Crippen LogP contribution < -0.4 is 5.32 Å². The van der Waals surface area contributed by atoms with Crippen LogP contribution in [0.15, 0.2) is 30.3 Å². The maximum atomic E-state index is 12.7. The lowest BCUT2D eigenvalue weighted by Crippen LogP contribution is -2.61. The maximum Gasteiger partial charge on any atom is 0.422 e. The average Bonchev–Trinajstić information content (AvgIpc) is 2.36. The van der Waals surface area contributed by atoms with E-state index in [1.165, 1.54) is 17.5 Å². The normalized spacial score (nSPS) is 14.7. The summed E-state index contributed by atoms with van der Waals surface area (Å²) in [6, 6.07) is 6.36. The van der Waals surface area contributed by atoms with Gasteiger partial charge in [0.05, 0.1) is 0 Å². The highest BCUT2D eigenvalue weighted by Crippen LogP contribution is 2.30. The van der Waals surface area contributed by atoms with Crippen molar-refractivity contribution in [3.63, 3.8) is 0 Å². The highest BCUT2D eigenvalue weighted by Gasteiger charge is 2.58. The van der Waals surface area contributed by atoms with Crippen molar-refractivity contribution in [2.24, 2.45) is 0 Å². The van der Waals surface area contributed by atoms with Gasteiger partial charge in [-0.2, -0.15) is 13.2 Å². The van der Waals surface area contributed by atoms with E-state index in [1.807, 2.05) is 0 Å². The Kier molecular flexibility index (Phi) is 5.01. The van der Waals surface area contributed by atoms with Gasteiger partial charge in [-0.1, -0.05) is 29.8 Å². The van der Waals surface area contributed by atoms with Crippen molar-refractivity contribution in [3.8, 4) is 0 Å². The molecular formula is C13H11ClF3NO3. The molecule has 21 heavy (non-hydrogen) atoms. The van der Waals surface area contributed by atoms with Crippen LogP contribution >= 0.6 is 11.6 Å². The van der Waals surface area contributed by atoms with Crippen LogP contribution in [0.4, 0.5) is 13.2 Å². The second kappa shape index (κ2) is 6.17. The Balaban J connectivity index is 2.91. The predicted molar refractivity (Wildman–Crippen MR) is 70.7 cm³/mol. The first-order valence-corrected chi connectivity index (χ1v) is 6.00. The van der Waals surface area contributed by atoms with Gasteiger partial charge in [-0.3, -0.25) is 4.79 Å². The van der Waals surface area contributed by atoms with Gasteiger partial charge in [0.25, 0.3) is 0 Å². The summed E-state index contributed by atoms with van der Waals surface area (Å²) in [5.41, 5.74) is -2.95. The van der Waals surface area contributed by atoms with E-state index < -0.39 is 23.6 Å². The van der Waals surface area contributed by atoms with Crippen LogP contribution in [0.5, 0.6) is 0 Å². The molecule has 8 heteroatoms. The number of carboxylic acid groups (broad SMARTS) is 1. The van der Waals surface area contributed by atoms with Crippen LogP contribution in [0.3, 0.4) is 0 Å². The van der Waals surface area contributed by atoms with E-state index in [-0.39, 0.29) is 0 Å². The molecule has 0 aliphatic heterocycles. The Morgan fingerprint density at radius 3 is 2.33 bits per heavy atom. The number of rotatable bonds is 4. The third-order valence-corrected chi connectivity index (χ3v) is 3.03. The quantitative estimate of drug-likeness (QED) is 0.838. The number of amides is 1. The van der Waals surface area contributed by atoms with Crippen molar-refractivity contribution >= 4 is 29.6 Å². The summed E-state index contributed by atoms with van der Waals surface area (Å²) in [5, 5.41) is 10.4. The number of hydrogen-bond donors (Lipinski definition) is 2. The van der Waals surface area contributed by atoms with E-state index in [4.69, 9.17) is 16.7 Å². The Morgan fingerprint density at radius 2 is 1.86 bits per heavy atom. The van der Waals surface area contributed by atoms with E-state index in [0.717, 1.165) is 6.08 Å². The molecule has 114 valence electrons. The minimum atomic E-state index is -5.13. The number of nitrogens with one attached hydrogen (secondary N) is 1. The average molecular weight is 322 g/mol. The molecule has 1 aromatic carbocycles. The molecule has 0 aromatic heterocycles. The molecule has 0 saturated heterocycles. The van der Waals surface area contributed by atoms with Crippen LogP contribution in [0.1, 0.15) is 12.5 Å². The zero-order valence-electron chi connectivity index (χ0n) is 10.7. The highest BCUT2D eigenvalue weighted by atomic mass is 35.5. The van der Waals surface area contributed by atoms with Crippen molar-refractivity contribution in [3.05, 3.63) is 40.9 Å². The lowest BCUT2D eigenvalue weighted by Gasteiger charge is -2.27. The monoisotopic (exact) mass is 321 g/mol. The lowest BCUT2D eigenvalue weighted by atomic mass is 10.0. The molecule has 0 aliphatic carbocycles. The number of carboxylic acids is 1. The zero-order valence-corrected chi connectivity index (χ0v) is 11.5. The van der Waals surface area contributed by atoms with E-state index in [2.05, 4.69) is 0 Å². The van der Waals surface area contributed by atoms with Gasteiger partial charge >= 0.3 is 12.1 Å². The SMILES string of the molecule is CC(NC(=O)C=Cc1ccccc1Cl)(C(=O)O)C(F)(F)F. The third-order valence-electron chi connectivity index (χ3n) is 2.69. The van der Waals surface area contributed by atoms with Crippen LogP contribution in [0.25, 0.3) is 6.08 Å². The molecule has 1 amide bonds. The second-order valence-corrected chi connectivity index (χ2v) is 4.68. The number of benzene rings is 1. The third kappa shape index (κ3) is 3.98. The van der Waals surface area contributed by atoms with Gasteiger partial charge in [-0.15, -0.1) is 0 Å². The van der Waals surface area contributed by atoms with Gasteiger partial charge < -0.3 is 10.4 Å². The van der Waals surface area contributed by atoms with Crippen LogP contribution in [0, 0.1) is 0 Å². The fraction of sp³-hybridized carbons (Fsp3) is 0.231. The van der Waals surface area contributed by atoms with Gasteiger partial charge in [-0.05, 0) is 24.6 Å². The molecule has 1 atom stereocenters. The van der Waals surface area contributed by atoms with Crippen molar-refractivity contribution in [1.82, 2.24) is 5.32 Å². The summed E-state index contributed by atoms with van der Waals surface area (Å²) in [5.74, 6) is -3.40. The molecule has 1 unspecified atom stereocenters. The summed E-state index contributed by atoms with van der Waals surface area (Å²) >= 11 is 5.81. The number of alkyl halides is 3. The summed E-state index contributed by atoms with van der Waals surface area (Å²) < 4.78 is 38.1. The smallest absolute Gasteiger partial charge is 0.422 e. The van der Waals surface area contributed by atoms with Gasteiger partial charge in [0.15, 0.2) is 0 Å². The summed E-state index contributed by atoms with van der Waals surface area (Å²) in [7, 11) is 0. The Hall–Kier alpha value is -2.02. The number of aliphatic carboxylic acids is 1. The first-order valence-electron chi connectivity index (χ1n) is 5.63. The summed E-state index contributed by atoms with van der Waals surface area (Å²) in [6.45, 7) is 0.372.